The van der Waals surface area contributed by atoms with Crippen LogP contribution in [0, 0.1) is 0 Å². The lowest BCUT2D eigenvalue weighted by Crippen LogP contribution is -2.44. The molecule has 0 saturated heterocycles. The number of benzene rings is 1. The first-order chi connectivity index (χ1) is 9.06. The van der Waals surface area contributed by atoms with E-state index in [2.05, 4.69) is 9.71 Å². The van der Waals surface area contributed by atoms with Crippen LogP contribution in [0.4, 0.5) is 0 Å². The van der Waals surface area contributed by atoms with Crippen LogP contribution in [0.2, 0.25) is 0 Å². The topological polar surface area (TPSA) is 76.1 Å². The Labute approximate surface area is 110 Å². The minimum Gasteiger partial charge on any atom is -0.300 e. The number of carbonyl (C=O) groups is 1. The maximum Gasteiger partial charge on any atom is 0.243 e. The van der Waals surface area contributed by atoms with Crippen molar-refractivity contribution in [2.24, 2.45) is 0 Å². The van der Waals surface area contributed by atoms with Crippen molar-refractivity contribution in [2.45, 2.75) is 23.8 Å². The lowest BCUT2D eigenvalue weighted by atomic mass is 9.93. The maximum absolute atomic E-state index is 12.3. The molecule has 98 valence electrons. The number of nitrogens with one attached hydrogen (secondary N) is 1. The lowest BCUT2D eigenvalue weighted by Gasteiger charge is -2.24. The Hall–Kier alpha value is -1.79. The van der Waals surface area contributed by atoms with Crippen LogP contribution in [0.25, 0.3) is 10.9 Å². The minimum absolute atomic E-state index is 0.0868. The summed E-state index contributed by atoms with van der Waals surface area (Å²) in [6.45, 7) is 0. The number of carbonyl (C=O) groups excluding carboxylic acids is 1. The molecule has 5 nitrogen and oxygen atoms in total. The summed E-state index contributed by atoms with van der Waals surface area (Å²) in [4.78, 5) is 15.2. The summed E-state index contributed by atoms with van der Waals surface area (Å²) in [5.41, 5.74) is 0.447. The molecule has 1 aromatic heterocycles. The second-order valence-electron chi connectivity index (χ2n) is 4.60. The SMILES string of the molecule is O=C1CC(NS(=O)(=O)c2cccc3cccnc23)C1. The molecule has 6 heteroatoms. The highest BCUT2D eigenvalue weighted by atomic mass is 32.2. The number of sulfonamides is 1. The largest absolute Gasteiger partial charge is 0.300 e. The van der Waals surface area contributed by atoms with E-state index in [1.165, 1.54) is 6.07 Å². The van der Waals surface area contributed by atoms with Crippen molar-refractivity contribution in [1.29, 1.82) is 0 Å². The second-order valence-corrected chi connectivity index (χ2v) is 6.28. The smallest absolute Gasteiger partial charge is 0.243 e. The highest BCUT2D eigenvalue weighted by molar-refractivity contribution is 7.89. The summed E-state index contributed by atoms with van der Waals surface area (Å²) in [6, 6.07) is 8.32. The molecule has 0 spiro atoms. The quantitative estimate of drug-likeness (QED) is 0.915. The predicted octanol–water partition coefficient (Wildman–Crippen LogP) is 1.24. The average molecular weight is 276 g/mol. The predicted molar refractivity (Wildman–Crippen MR) is 70.1 cm³/mol. The molecule has 1 heterocycles. The fourth-order valence-electron chi connectivity index (χ4n) is 2.15. The minimum atomic E-state index is -3.64. The number of rotatable bonds is 3. The van der Waals surface area contributed by atoms with Gasteiger partial charge in [0.1, 0.15) is 10.7 Å². The molecule has 1 saturated carbocycles. The van der Waals surface area contributed by atoms with Gasteiger partial charge in [-0.15, -0.1) is 0 Å². The van der Waals surface area contributed by atoms with Crippen molar-refractivity contribution in [3.63, 3.8) is 0 Å². The van der Waals surface area contributed by atoms with E-state index in [-0.39, 0.29) is 29.6 Å². The van der Waals surface area contributed by atoms with Gasteiger partial charge in [-0.05, 0) is 12.1 Å². The van der Waals surface area contributed by atoms with E-state index in [9.17, 15) is 13.2 Å². The average Bonchev–Trinajstić information content (AvgIpc) is 2.36. The standard InChI is InChI=1S/C13H12N2O3S/c16-11-7-10(8-11)15-19(17,18)12-5-1-3-9-4-2-6-14-13(9)12/h1-6,10,15H,7-8H2. The lowest BCUT2D eigenvalue weighted by molar-refractivity contribution is -0.124. The van der Waals surface area contributed by atoms with Crippen molar-refractivity contribution in [3.05, 3.63) is 36.5 Å². The number of Topliss-reactive ketones (excluding diaryl/α,β-unsaturated/α-hetero) is 1. The van der Waals surface area contributed by atoms with Crippen LogP contribution in [0.3, 0.4) is 0 Å². The van der Waals surface area contributed by atoms with E-state index in [0.717, 1.165) is 5.39 Å². The van der Waals surface area contributed by atoms with Crippen LogP contribution < -0.4 is 4.72 Å². The number of pyridine rings is 1. The van der Waals surface area contributed by atoms with Crippen molar-refractivity contribution >= 4 is 26.7 Å². The van der Waals surface area contributed by atoms with Gasteiger partial charge in [-0.1, -0.05) is 18.2 Å². The van der Waals surface area contributed by atoms with Crippen LogP contribution in [-0.4, -0.2) is 25.2 Å². The first kappa shape index (κ1) is 12.3. The molecule has 0 unspecified atom stereocenters. The molecule has 1 fully saturated rings. The van der Waals surface area contributed by atoms with Crippen LogP contribution in [0.1, 0.15) is 12.8 Å². The molecule has 19 heavy (non-hydrogen) atoms. The van der Waals surface area contributed by atoms with Gasteiger partial charge in [0.2, 0.25) is 10.0 Å². The fraction of sp³-hybridized carbons (Fsp3) is 0.231. The van der Waals surface area contributed by atoms with Gasteiger partial charge < -0.3 is 0 Å². The van der Waals surface area contributed by atoms with E-state index in [1.54, 1.807) is 18.3 Å². The molecule has 0 atom stereocenters. The van der Waals surface area contributed by atoms with Crippen molar-refractivity contribution < 1.29 is 13.2 Å². The molecule has 3 rings (SSSR count). The molecule has 1 aliphatic carbocycles. The van der Waals surface area contributed by atoms with E-state index < -0.39 is 10.0 Å². The van der Waals surface area contributed by atoms with E-state index >= 15 is 0 Å². The fourth-order valence-corrected chi connectivity index (χ4v) is 3.56. The van der Waals surface area contributed by atoms with Gasteiger partial charge in [0.25, 0.3) is 0 Å². The van der Waals surface area contributed by atoms with Crippen LogP contribution in [0.15, 0.2) is 41.4 Å². The number of ketones is 1. The third-order valence-electron chi connectivity index (χ3n) is 3.16. The summed E-state index contributed by atoms with van der Waals surface area (Å²) in [6.07, 6.45) is 2.11. The van der Waals surface area contributed by atoms with Crippen LogP contribution in [-0.2, 0) is 14.8 Å². The number of para-hydroxylation sites is 1. The third-order valence-corrected chi connectivity index (χ3v) is 4.71. The van der Waals surface area contributed by atoms with Crippen molar-refractivity contribution in [3.8, 4) is 0 Å². The Kier molecular flexibility index (Phi) is 2.83. The summed E-state index contributed by atoms with van der Waals surface area (Å²) < 4.78 is 27.1. The first-order valence-electron chi connectivity index (χ1n) is 5.94. The third kappa shape index (κ3) is 2.24. The second kappa shape index (κ2) is 4.40. The Balaban J connectivity index is 2.01. The number of nitrogens with zero attached hydrogens (tertiary/aromatic N) is 1. The molecule has 1 N–H and O–H groups in total. The zero-order chi connectivity index (χ0) is 13.5. The van der Waals surface area contributed by atoms with Crippen molar-refractivity contribution in [1.82, 2.24) is 9.71 Å². The molecule has 0 bridgehead atoms. The van der Waals surface area contributed by atoms with E-state index in [4.69, 9.17) is 0 Å². The number of hydrogen-bond donors (Lipinski definition) is 1. The maximum atomic E-state index is 12.3. The number of aromatic nitrogens is 1. The van der Waals surface area contributed by atoms with Gasteiger partial charge in [0.05, 0.1) is 5.52 Å². The number of hydrogen-bond acceptors (Lipinski definition) is 4. The highest BCUT2D eigenvalue weighted by Gasteiger charge is 2.31. The van der Waals surface area contributed by atoms with Gasteiger partial charge in [-0.3, -0.25) is 9.78 Å². The Morgan fingerprint density at radius 1 is 1.16 bits per heavy atom. The molecular weight excluding hydrogens is 264 g/mol. The Bertz CT molecular complexity index is 742. The molecule has 1 aliphatic rings. The Morgan fingerprint density at radius 2 is 1.89 bits per heavy atom. The molecular formula is C13H12N2O3S. The van der Waals surface area contributed by atoms with E-state index in [0.29, 0.717) is 5.52 Å². The monoisotopic (exact) mass is 276 g/mol. The van der Waals surface area contributed by atoms with Gasteiger partial charge >= 0.3 is 0 Å². The molecule has 2 aromatic rings. The van der Waals surface area contributed by atoms with Gasteiger partial charge in [0, 0.05) is 30.5 Å². The van der Waals surface area contributed by atoms with Gasteiger partial charge in [0.15, 0.2) is 0 Å². The van der Waals surface area contributed by atoms with Crippen LogP contribution in [0.5, 0.6) is 0 Å². The van der Waals surface area contributed by atoms with Gasteiger partial charge in [-0.2, -0.15) is 0 Å². The van der Waals surface area contributed by atoms with Crippen molar-refractivity contribution in [2.75, 3.05) is 0 Å². The Morgan fingerprint density at radius 3 is 2.63 bits per heavy atom. The molecule has 1 aromatic carbocycles. The molecule has 0 aliphatic heterocycles. The summed E-state index contributed by atoms with van der Waals surface area (Å²) in [7, 11) is -3.64. The summed E-state index contributed by atoms with van der Waals surface area (Å²) >= 11 is 0. The normalized spacial score (nSPS) is 16.5. The zero-order valence-electron chi connectivity index (χ0n) is 10.0. The first-order valence-corrected chi connectivity index (χ1v) is 7.42. The zero-order valence-corrected chi connectivity index (χ0v) is 10.9. The summed E-state index contributed by atoms with van der Waals surface area (Å²) in [5, 5.41) is 0.773. The molecule has 0 radical (unpaired) electrons. The highest BCUT2D eigenvalue weighted by Crippen LogP contribution is 2.23. The number of fused-ring (bicyclic) bond motifs is 1. The van der Waals surface area contributed by atoms with E-state index in [1.807, 2.05) is 12.1 Å². The molecule has 0 amide bonds. The van der Waals surface area contributed by atoms with Gasteiger partial charge in [-0.25, -0.2) is 13.1 Å². The summed E-state index contributed by atoms with van der Waals surface area (Å²) in [5.74, 6) is 0.0868. The van der Waals surface area contributed by atoms with Crippen LogP contribution >= 0.6 is 0 Å².